The van der Waals surface area contributed by atoms with Gasteiger partial charge in [-0.25, -0.2) is 4.79 Å². The van der Waals surface area contributed by atoms with Crippen molar-refractivity contribution >= 4 is 41.5 Å². The van der Waals surface area contributed by atoms with E-state index in [0.29, 0.717) is 6.42 Å². The predicted molar refractivity (Wildman–Crippen MR) is 171 cm³/mol. The Kier molecular flexibility index (Phi) is 18.3. The van der Waals surface area contributed by atoms with Crippen LogP contribution in [-0.4, -0.2) is 70.4 Å². The van der Waals surface area contributed by atoms with E-state index in [-0.39, 0.29) is 44.3 Å². The van der Waals surface area contributed by atoms with E-state index in [2.05, 4.69) is 10.6 Å². The molecule has 13 heteroatoms. The van der Waals surface area contributed by atoms with Gasteiger partial charge in [-0.05, 0) is 30.7 Å². The minimum atomic E-state index is -1.27. The molecular weight excluding hydrogens is 612 g/mol. The SMILES string of the molecule is CCOC(=O)/C=C/[C@H](CC(=O)O)NC(=O)[C@@H](CC(=O)[C@H](CCC(=O)O)NC(=O)[C@@H](CC(=O)OCc1ccccc1)C(C)C)C(C)CC. The van der Waals surface area contributed by atoms with Crippen LogP contribution in [-0.2, 0) is 49.6 Å². The topological polar surface area (TPSA) is 202 Å². The number of ether oxygens (including phenoxy) is 2. The van der Waals surface area contributed by atoms with Crippen LogP contribution in [0.15, 0.2) is 42.5 Å². The molecule has 13 nitrogen and oxygen atoms in total. The zero-order valence-corrected chi connectivity index (χ0v) is 27.7. The molecule has 47 heavy (non-hydrogen) atoms. The maximum Gasteiger partial charge on any atom is 0.330 e. The summed E-state index contributed by atoms with van der Waals surface area (Å²) in [6.45, 7) is 8.74. The lowest BCUT2D eigenvalue weighted by molar-refractivity contribution is -0.149. The first-order valence-corrected chi connectivity index (χ1v) is 15.8. The second kappa shape index (κ2) is 21.3. The first-order valence-electron chi connectivity index (χ1n) is 15.8. The Morgan fingerprint density at radius 3 is 2.00 bits per heavy atom. The highest BCUT2D eigenvalue weighted by atomic mass is 16.5. The number of amides is 2. The molecule has 0 radical (unpaired) electrons. The average Bonchev–Trinajstić information content (AvgIpc) is 3.01. The molecule has 1 aromatic rings. The van der Waals surface area contributed by atoms with E-state index in [4.69, 9.17) is 9.47 Å². The number of hydrogen-bond acceptors (Lipinski definition) is 9. The molecule has 2 amide bonds. The number of ketones is 1. The van der Waals surface area contributed by atoms with Gasteiger partial charge < -0.3 is 30.3 Å². The molecule has 1 unspecified atom stereocenters. The van der Waals surface area contributed by atoms with E-state index in [9.17, 15) is 43.8 Å². The Morgan fingerprint density at radius 1 is 0.809 bits per heavy atom. The number of carboxylic acid groups (broad SMARTS) is 2. The standard InChI is InChI=1S/C34H48N2O11/c1-6-22(5)26(34(45)35-24(17-30(40)41)13-16-31(42)46-7-2)18-28(37)27(14-15-29(38)39)36-33(44)25(21(3)4)19-32(43)47-20-23-11-9-8-10-12-23/h8-13,16,21-22,24-27H,6-7,14-15,17-20H2,1-5H3,(H,35,45)(H,36,44)(H,38,39)(H,40,41)/b16-13+/t22?,24-,25+,26+,27+/m1/s1. The highest BCUT2D eigenvalue weighted by Gasteiger charge is 2.34. The Morgan fingerprint density at radius 2 is 1.45 bits per heavy atom. The second-order valence-electron chi connectivity index (χ2n) is 11.7. The van der Waals surface area contributed by atoms with Crippen LogP contribution in [0.25, 0.3) is 0 Å². The third-order valence-corrected chi connectivity index (χ3v) is 7.68. The van der Waals surface area contributed by atoms with E-state index in [1.807, 2.05) is 6.07 Å². The Bertz CT molecular complexity index is 1250. The number of esters is 2. The molecule has 0 saturated carbocycles. The summed E-state index contributed by atoms with van der Waals surface area (Å²) < 4.78 is 10.1. The van der Waals surface area contributed by atoms with Crippen LogP contribution in [0.3, 0.4) is 0 Å². The normalized spacial score (nSPS) is 14.3. The van der Waals surface area contributed by atoms with Gasteiger partial charge in [-0.2, -0.15) is 0 Å². The van der Waals surface area contributed by atoms with Crippen molar-refractivity contribution in [2.75, 3.05) is 6.61 Å². The summed E-state index contributed by atoms with van der Waals surface area (Å²) >= 11 is 0. The zero-order chi connectivity index (χ0) is 35.5. The summed E-state index contributed by atoms with van der Waals surface area (Å²) in [7, 11) is 0. The number of nitrogens with one attached hydrogen (secondary N) is 2. The molecule has 4 N–H and O–H groups in total. The summed E-state index contributed by atoms with van der Waals surface area (Å²) in [6, 6.07) is 6.66. The molecular formula is C34H48N2O11. The van der Waals surface area contributed by atoms with Gasteiger partial charge in [-0.15, -0.1) is 0 Å². The van der Waals surface area contributed by atoms with Gasteiger partial charge in [0.1, 0.15) is 6.61 Å². The predicted octanol–water partition coefficient (Wildman–Crippen LogP) is 3.44. The number of Topliss-reactive ketones (excluding diaryl/α,β-unsaturated/α-hetero) is 1. The molecule has 0 fully saturated rings. The number of aliphatic carboxylic acids is 2. The van der Waals surface area contributed by atoms with Crippen molar-refractivity contribution in [2.45, 2.75) is 91.8 Å². The fourth-order valence-corrected chi connectivity index (χ4v) is 4.69. The van der Waals surface area contributed by atoms with E-state index in [1.165, 1.54) is 6.08 Å². The van der Waals surface area contributed by atoms with E-state index in [0.717, 1.165) is 11.6 Å². The van der Waals surface area contributed by atoms with E-state index >= 15 is 0 Å². The average molecular weight is 661 g/mol. The lowest BCUT2D eigenvalue weighted by Crippen LogP contribution is -2.47. The van der Waals surface area contributed by atoms with Crippen molar-refractivity contribution in [3.05, 3.63) is 48.0 Å². The number of carboxylic acids is 2. The number of benzene rings is 1. The minimum Gasteiger partial charge on any atom is -0.481 e. The van der Waals surface area contributed by atoms with Crippen LogP contribution >= 0.6 is 0 Å². The highest BCUT2D eigenvalue weighted by molar-refractivity contribution is 5.94. The third-order valence-electron chi connectivity index (χ3n) is 7.68. The number of hydrogen-bond donors (Lipinski definition) is 4. The van der Waals surface area contributed by atoms with E-state index in [1.54, 1.807) is 58.9 Å². The molecule has 0 saturated heterocycles. The monoisotopic (exact) mass is 660 g/mol. The molecule has 5 atom stereocenters. The van der Waals surface area contributed by atoms with Gasteiger partial charge >= 0.3 is 23.9 Å². The van der Waals surface area contributed by atoms with Crippen molar-refractivity contribution < 1.29 is 53.2 Å². The van der Waals surface area contributed by atoms with Crippen LogP contribution in [0.1, 0.15) is 78.7 Å². The summed E-state index contributed by atoms with van der Waals surface area (Å²) in [5.41, 5.74) is 0.773. The molecule has 0 aliphatic carbocycles. The Labute approximate surface area is 275 Å². The number of carbonyl (C=O) groups excluding carboxylic acids is 5. The van der Waals surface area contributed by atoms with Gasteiger partial charge in [0.2, 0.25) is 11.8 Å². The number of rotatable bonds is 22. The molecule has 0 heterocycles. The lowest BCUT2D eigenvalue weighted by Gasteiger charge is -2.27. The van der Waals surface area contributed by atoms with Crippen LogP contribution in [0, 0.1) is 23.7 Å². The first-order chi connectivity index (χ1) is 22.2. The lowest BCUT2D eigenvalue weighted by atomic mass is 9.84. The highest BCUT2D eigenvalue weighted by Crippen LogP contribution is 2.23. The van der Waals surface area contributed by atoms with Gasteiger partial charge in [0.15, 0.2) is 5.78 Å². The van der Waals surface area contributed by atoms with Crippen LogP contribution in [0.4, 0.5) is 0 Å². The van der Waals surface area contributed by atoms with Gasteiger partial charge in [-0.1, -0.05) is 70.5 Å². The van der Waals surface area contributed by atoms with Crippen molar-refractivity contribution in [1.29, 1.82) is 0 Å². The van der Waals surface area contributed by atoms with Crippen molar-refractivity contribution in [3.63, 3.8) is 0 Å². The molecule has 1 aromatic carbocycles. The summed E-state index contributed by atoms with van der Waals surface area (Å²) in [5, 5.41) is 23.8. The molecule has 0 spiro atoms. The van der Waals surface area contributed by atoms with Crippen molar-refractivity contribution in [2.24, 2.45) is 23.7 Å². The van der Waals surface area contributed by atoms with Gasteiger partial charge in [0.25, 0.3) is 0 Å². The smallest absolute Gasteiger partial charge is 0.330 e. The second-order valence-corrected chi connectivity index (χ2v) is 11.7. The van der Waals surface area contributed by atoms with Gasteiger partial charge in [0.05, 0.1) is 37.5 Å². The van der Waals surface area contributed by atoms with Gasteiger partial charge in [-0.3, -0.25) is 28.8 Å². The molecule has 0 bridgehead atoms. The third kappa shape index (κ3) is 16.0. The molecule has 1 rings (SSSR count). The fourth-order valence-electron chi connectivity index (χ4n) is 4.69. The molecule has 260 valence electrons. The quantitative estimate of drug-likeness (QED) is 0.105. The summed E-state index contributed by atoms with van der Waals surface area (Å²) in [5.74, 6) is -8.15. The Hall–Kier alpha value is -4.55. The van der Waals surface area contributed by atoms with Gasteiger partial charge in [0, 0.05) is 24.8 Å². The maximum atomic E-state index is 13.6. The van der Waals surface area contributed by atoms with Crippen molar-refractivity contribution in [1.82, 2.24) is 10.6 Å². The van der Waals surface area contributed by atoms with Crippen molar-refractivity contribution in [3.8, 4) is 0 Å². The van der Waals surface area contributed by atoms with Crippen LogP contribution < -0.4 is 10.6 Å². The minimum absolute atomic E-state index is 0.0246. The molecule has 0 aromatic heterocycles. The number of carbonyl (C=O) groups is 7. The Balaban J connectivity index is 3.12. The summed E-state index contributed by atoms with van der Waals surface area (Å²) in [4.78, 5) is 87.6. The zero-order valence-electron chi connectivity index (χ0n) is 27.7. The van der Waals surface area contributed by atoms with Crippen LogP contribution in [0.5, 0.6) is 0 Å². The largest absolute Gasteiger partial charge is 0.481 e. The molecule has 0 aliphatic rings. The van der Waals surface area contributed by atoms with Crippen LogP contribution in [0.2, 0.25) is 0 Å². The first kappa shape index (κ1) is 40.5. The fraction of sp³-hybridized carbons (Fsp3) is 0.559. The summed E-state index contributed by atoms with van der Waals surface area (Å²) in [6.07, 6.45) is 0.818. The molecule has 0 aliphatic heterocycles. The van der Waals surface area contributed by atoms with E-state index < -0.39 is 78.2 Å². The maximum absolute atomic E-state index is 13.6.